The Morgan fingerprint density at radius 1 is 1.71 bits per heavy atom. The lowest BCUT2D eigenvalue weighted by Crippen LogP contribution is -1.88. The van der Waals surface area contributed by atoms with Crippen molar-refractivity contribution in [3.8, 4) is 24.2 Å². The van der Waals surface area contributed by atoms with Crippen molar-refractivity contribution in [2.24, 2.45) is 0 Å². The summed E-state index contributed by atoms with van der Waals surface area (Å²) in [6, 6.07) is 0. The molecule has 0 amide bonds. The predicted octanol–water partition coefficient (Wildman–Crippen LogP) is -0.0891. The standard InChI is InChI=1S/C5H3FO/c1-2-3-4-5(6)7/h1,5,7H. The van der Waals surface area contributed by atoms with Gasteiger partial charge in [-0.2, -0.15) is 0 Å². The molecule has 0 rings (SSSR count). The van der Waals surface area contributed by atoms with Gasteiger partial charge in [0.05, 0.1) is 0 Å². The Kier molecular flexibility index (Phi) is 2.76. The summed E-state index contributed by atoms with van der Waals surface area (Å²) < 4.78 is 11.2. The van der Waals surface area contributed by atoms with Gasteiger partial charge in [-0.25, -0.2) is 4.39 Å². The van der Waals surface area contributed by atoms with E-state index in [0.29, 0.717) is 0 Å². The van der Waals surface area contributed by atoms with Crippen LogP contribution in [0.3, 0.4) is 0 Å². The molecule has 1 N–H and O–H groups in total. The fourth-order valence-corrected chi connectivity index (χ4v) is 0.101. The molecular formula is C5H3FO. The molecular weight excluding hydrogens is 95.1 g/mol. The van der Waals surface area contributed by atoms with Crippen molar-refractivity contribution in [3.63, 3.8) is 0 Å². The highest BCUT2D eigenvalue weighted by Gasteiger charge is 1.84. The van der Waals surface area contributed by atoms with Crippen LogP contribution in [0, 0.1) is 24.2 Å². The number of aliphatic hydroxyl groups excluding tert-OH is 1. The molecule has 0 saturated carbocycles. The summed E-state index contributed by atoms with van der Waals surface area (Å²) in [6.07, 6.45) is 2.47. The average Bonchev–Trinajstić information content (AvgIpc) is 1.61. The van der Waals surface area contributed by atoms with Gasteiger partial charge in [-0.3, -0.25) is 0 Å². The Balaban J connectivity index is 3.50. The molecule has 1 atom stereocenters. The highest BCUT2D eigenvalue weighted by atomic mass is 19.1. The molecule has 2 heteroatoms. The summed E-state index contributed by atoms with van der Waals surface area (Å²) in [7, 11) is 0. The van der Waals surface area contributed by atoms with Crippen molar-refractivity contribution in [3.05, 3.63) is 0 Å². The van der Waals surface area contributed by atoms with Crippen molar-refractivity contribution < 1.29 is 9.50 Å². The van der Waals surface area contributed by atoms with Gasteiger partial charge in [0.1, 0.15) is 0 Å². The van der Waals surface area contributed by atoms with Gasteiger partial charge in [0, 0.05) is 0 Å². The molecule has 0 saturated heterocycles. The Morgan fingerprint density at radius 3 is 2.43 bits per heavy atom. The van der Waals surface area contributed by atoms with Crippen LogP contribution in [0.2, 0.25) is 0 Å². The topological polar surface area (TPSA) is 20.2 Å². The van der Waals surface area contributed by atoms with E-state index in [4.69, 9.17) is 5.11 Å². The summed E-state index contributed by atoms with van der Waals surface area (Å²) in [4.78, 5) is 0. The van der Waals surface area contributed by atoms with Gasteiger partial charge in [0.2, 0.25) is 0 Å². The summed E-state index contributed by atoms with van der Waals surface area (Å²) in [5, 5.41) is 7.75. The molecule has 0 spiro atoms. The number of hydrogen-bond donors (Lipinski definition) is 1. The van der Waals surface area contributed by atoms with Gasteiger partial charge in [0.25, 0.3) is 6.36 Å². The summed E-state index contributed by atoms with van der Waals surface area (Å²) in [5.74, 6) is 5.44. The monoisotopic (exact) mass is 98.0 g/mol. The summed E-state index contributed by atoms with van der Waals surface area (Å²) >= 11 is 0. The SMILES string of the molecule is C#CC#CC(O)F. The smallest absolute Gasteiger partial charge is 0.260 e. The van der Waals surface area contributed by atoms with E-state index < -0.39 is 6.36 Å². The molecule has 0 heterocycles. The van der Waals surface area contributed by atoms with Crippen LogP contribution in [-0.4, -0.2) is 11.5 Å². The Bertz CT molecular complexity index is 132. The molecule has 0 aliphatic heterocycles. The van der Waals surface area contributed by atoms with E-state index in [1.165, 1.54) is 0 Å². The normalized spacial score (nSPS) is 10.4. The lowest BCUT2D eigenvalue weighted by atomic mass is 10.6. The third-order valence-corrected chi connectivity index (χ3v) is 0.263. The van der Waals surface area contributed by atoms with Crippen LogP contribution in [0.4, 0.5) is 4.39 Å². The van der Waals surface area contributed by atoms with E-state index in [1.807, 2.05) is 11.8 Å². The van der Waals surface area contributed by atoms with Gasteiger partial charge >= 0.3 is 0 Å². The second-order valence-corrected chi connectivity index (χ2v) is 0.749. The second-order valence-electron chi connectivity index (χ2n) is 0.749. The molecule has 0 aromatic carbocycles. The van der Waals surface area contributed by atoms with E-state index in [0.717, 1.165) is 0 Å². The molecule has 0 aliphatic rings. The number of terminal acetylenes is 1. The maximum Gasteiger partial charge on any atom is 0.260 e. The van der Waals surface area contributed by atoms with Crippen LogP contribution in [-0.2, 0) is 0 Å². The van der Waals surface area contributed by atoms with E-state index >= 15 is 0 Å². The number of alkyl halides is 1. The van der Waals surface area contributed by atoms with Crippen LogP contribution in [0.1, 0.15) is 0 Å². The predicted molar refractivity (Wildman–Crippen MR) is 23.7 cm³/mol. The van der Waals surface area contributed by atoms with Crippen LogP contribution < -0.4 is 0 Å². The Morgan fingerprint density at radius 2 is 2.29 bits per heavy atom. The van der Waals surface area contributed by atoms with Gasteiger partial charge in [-0.1, -0.05) is 0 Å². The van der Waals surface area contributed by atoms with Gasteiger partial charge in [-0.15, -0.1) is 6.42 Å². The summed E-state index contributed by atoms with van der Waals surface area (Å²) in [6.45, 7) is 0. The van der Waals surface area contributed by atoms with Crippen molar-refractivity contribution >= 4 is 0 Å². The maximum atomic E-state index is 11.2. The lowest BCUT2D eigenvalue weighted by Gasteiger charge is -1.77. The highest BCUT2D eigenvalue weighted by molar-refractivity contribution is 5.22. The number of halogens is 1. The average molecular weight is 98.1 g/mol. The maximum absolute atomic E-state index is 11.2. The number of rotatable bonds is 0. The Labute approximate surface area is 41.2 Å². The first-order valence-corrected chi connectivity index (χ1v) is 1.55. The third kappa shape index (κ3) is 5.01. The zero-order chi connectivity index (χ0) is 5.70. The van der Waals surface area contributed by atoms with Gasteiger partial charge < -0.3 is 5.11 Å². The van der Waals surface area contributed by atoms with E-state index in [9.17, 15) is 4.39 Å². The molecule has 1 nitrogen and oxygen atoms in total. The molecule has 36 valence electrons. The minimum absolute atomic E-state index is 1.70. The molecule has 0 bridgehead atoms. The largest absolute Gasteiger partial charge is 0.354 e. The van der Waals surface area contributed by atoms with E-state index in [-0.39, 0.29) is 0 Å². The van der Waals surface area contributed by atoms with Crippen LogP contribution in [0.5, 0.6) is 0 Å². The van der Waals surface area contributed by atoms with E-state index in [1.54, 1.807) is 5.92 Å². The van der Waals surface area contributed by atoms with Crippen LogP contribution >= 0.6 is 0 Å². The highest BCUT2D eigenvalue weighted by Crippen LogP contribution is 1.74. The second kappa shape index (κ2) is 3.21. The third-order valence-electron chi connectivity index (χ3n) is 0.263. The minimum atomic E-state index is -2.10. The molecule has 1 unspecified atom stereocenters. The van der Waals surface area contributed by atoms with Crippen molar-refractivity contribution in [2.75, 3.05) is 0 Å². The first-order valence-electron chi connectivity index (χ1n) is 1.55. The minimum Gasteiger partial charge on any atom is -0.354 e. The molecule has 0 aromatic rings. The zero-order valence-corrected chi connectivity index (χ0v) is 3.48. The zero-order valence-electron chi connectivity index (χ0n) is 3.48. The molecule has 7 heavy (non-hydrogen) atoms. The van der Waals surface area contributed by atoms with Crippen molar-refractivity contribution in [1.82, 2.24) is 0 Å². The number of hydrogen-bond acceptors (Lipinski definition) is 1. The Hall–Kier alpha value is -0.990. The first-order chi connectivity index (χ1) is 3.27. The van der Waals surface area contributed by atoms with Gasteiger partial charge in [-0.05, 0) is 17.8 Å². The summed E-state index contributed by atoms with van der Waals surface area (Å²) in [5.41, 5.74) is 0. The molecule has 0 radical (unpaired) electrons. The van der Waals surface area contributed by atoms with Crippen LogP contribution in [0.15, 0.2) is 0 Å². The lowest BCUT2D eigenvalue weighted by molar-refractivity contribution is 0.0976. The fourth-order valence-electron chi connectivity index (χ4n) is 0.101. The van der Waals surface area contributed by atoms with Gasteiger partial charge in [0.15, 0.2) is 0 Å². The van der Waals surface area contributed by atoms with Crippen molar-refractivity contribution in [1.29, 1.82) is 0 Å². The van der Waals surface area contributed by atoms with E-state index in [2.05, 4.69) is 6.42 Å². The molecule has 0 aromatic heterocycles. The van der Waals surface area contributed by atoms with Crippen molar-refractivity contribution in [2.45, 2.75) is 6.36 Å². The number of aliphatic hydroxyl groups is 1. The first kappa shape index (κ1) is 6.01. The van der Waals surface area contributed by atoms with Crippen LogP contribution in [0.25, 0.3) is 0 Å². The molecule has 0 fully saturated rings. The molecule has 0 aliphatic carbocycles. The quantitative estimate of drug-likeness (QED) is 0.420. The fraction of sp³-hybridized carbons (Fsp3) is 0.200.